The van der Waals surface area contributed by atoms with E-state index in [0.29, 0.717) is 5.82 Å². The van der Waals surface area contributed by atoms with Crippen LogP contribution in [0.3, 0.4) is 0 Å². The molecule has 0 saturated heterocycles. The zero-order valence-corrected chi connectivity index (χ0v) is 14.9. The molecule has 0 spiro atoms. The van der Waals surface area contributed by atoms with Crippen LogP contribution in [-0.2, 0) is 7.05 Å². The summed E-state index contributed by atoms with van der Waals surface area (Å²) < 4.78 is 8.06. The Balaban J connectivity index is 1.88. The first-order valence-electron chi connectivity index (χ1n) is 7.84. The third kappa shape index (κ3) is 2.87. The van der Waals surface area contributed by atoms with Gasteiger partial charge in [0.1, 0.15) is 5.00 Å². The Kier molecular flexibility index (Phi) is 3.74. The molecule has 0 bridgehead atoms. The van der Waals surface area contributed by atoms with Crippen molar-refractivity contribution in [2.24, 2.45) is 12.8 Å². The quantitative estimate of drug-likeness (QED) is 0.584. The van der Waals surface area contributed by atoms with E-state index in [1.807, 2.05) is 56.1 Å². The molecule has 0 aliphatic rings. The van der Waals surface area contributed by atoms with Gasteiger partial charge in [-0.15, -0.1) is 0 Å². The SMILES string of the molecule is Cc1cc(Nc2nc(C(C)N)cn3c(-c4cnn(C)c4)cnc23)sn1. The molecule has 9 heteroatoms. The second-order valence-corrected chi connectivity index (χ2v) is 6.81. The molecule has 3 N–H and O–H groups in total. The fourth-order valence-corrected chi connectivity index (χ4v) is 3.28. The Bertz CT molecular complexity index is 1040. The summed E-state index contributed by atoms with van der Waals surface area (Å²) in [6.07, 6.45) is 7.52. The van der Waals surface area contributed by atoms with Gasteiger partial charge in [-0.1, -0.05) is 0 Å². The van der Waals surface area contributed by atoms with Crippen molar-refractivity contribution in [2.45, 2.75) is 19.9 Å². The molecule has 0 radical (unpaired) electrons. The van der Waals surface area contributed by atoms with E-state index in [0.717, 1.165) is 33.3 Å². The number of nitrogens with one attached hydrogen (secondary N) is 1. The third-order valence-corrected chi connectivity index (χ3v) is 4.64. The van der Waals surface area contributed by atoms with E-state index in [9.17, 15) is 0 Å². The minimum absolute atomic E-state index is 0.197. The first-order chi connectivity index (χ1) is 12.0. The Morgan fingerprint density at radius 2 is 2.12 bits per heavy atom. The molecule has 1 atom stereocenters. The maximum absolute atomic E-state index is 6.08. The van der Waals surface area contributed by atoms with Gasteiger partial charge in [-0.3, -0.25) is 9.08 Å². The minimum Gasteiger partial charge on any atom is -0.328 e. The van der Waals surface area contributed by atoms with Gasteiger partial charge < -0.3 is 11.1 Å². The lowest BCUT2D eigenvalue weighted by Gasteiger charge is -2.11. The smallest absolute Gasteiger partial charge is 0.180 e. The highest BCUT2D eigenvalue weighted by atomic mass is 32.1. The van der Waals surface area contributed by atoms with Gasteiger partial charge >= 0.3 is 0 Å². The van der Waals surface area contributed by atoms with Gasteiger partial charge in [0, 0.05) is 31.0 Å². The largest absolute Gasteiger partial charge is 0.328 e. The molecular weight excluding hydrogens is 336 g/mol. The molecule has 0 aliphatic carbocycles. The number of anilines is 2. The van der Waals surface area contributed by atoms with Crippen molar-refractivity contribution < 1.29 is 0 Å². The summed E-state index contributed by atoms with van der Waals surface area (Å²) in [6, 6.07) is 1.78. The van der Waals surface area contributed by atoms with Crippen LogP contribution in [0.5, 0.6) is 0 Å². The molecule has 0 fully saturated rings. The van der Waals surface area contributed by atoms with Crippen LogP contribution in [0.25, 0.3) is 16.9 Å². The molecule has 25 heavy (non-hydrogen) atoms. The summed E-state index contributed by atoms with van der Waals surface area (Å²) in [7, 11) is 1.89. The maximum Gasteiger partial charge on any atom is 0.180 e. The molecule has 0 amide bonds. The predicted octanol–water partition coefficient (Wildman–Crippen LogP) is 2.66. The number of hydrogen-bond donors (Lipinski definition) is 2. The first kappa shape index (κ1) is 15.7. The number of nitrogens with two attached hydrogens (primary N) is 1. The minimum atomic E-state index is -0.197. The van der Waals surface area contributed by atoms with Crippen LogP contribution in [0.15, 0.2) is 30.9 Å². The van der Waals surface area contributed by atoms with Crippen molar-refractivity contribution in [2.75, 3.05) is 5.32 Å². The van der Waals surface area contributed by atoms with E-state index in [-0.39, 0.29) is 6.04 Å². The number of aryl methyl sites for hydroxylation is 2. The van der Waals surface area contributed by atoms with Gasteiger partial charge in [0.2, 0.25) is 0 Å². The number of hydrogen-bond acceptors (Lipinski definition) is 7. The second kappa shape index (κ2) is 5.94. The van der Waals surface area contributed by atoms with Crippen molar-refractivity contribution in [1.82, 2.24) is 28.5 Å². The molecular formula is C16H18N8S. The lowest BCUT2D eigenvalue weighted by atomic mass is 10.2. The molecule has 4 aromatic rings. The summed E-state index contributed by atoms with van der Waals surface area (Å²) in [5, 5.41) is 8.48. The zero-order chi connectivity index (χ0) is 17.6. The van der Waals surface area contributed by atoms with Crippen molar-refractivity contribution in [1.29, 1.82) is 0 Å². The normalized spacial score (nSPS) is 12.6. The molecule has 4 heterocycles. The Morgan fingerprint density at radius 3 is 2.76 bits per heavy atom. The molecule has 8 nitrogen and oxygen atoms in total. The standard InChI is InChI=1S/C16H18N8S/c1-9-4-14(25-22-9)21-15-16-18-6-13(11-5-19-23(3)7-11)24(16)8-12(20-15)10(2)17/h4-8,10H,17H2,1-3H3,(H,20,21). The van der Waals surface area contributed by atoms with Crippen LogP contribution in [0.1, 0.15) is 24.4 Å². The third-order valence-electron chi connectivity index (χ3n) is 3.85. The summed E-state index contributed by atoms with van der Waals surface area (Å²) in [5.41, 5.74) is 10.5. The molecule has 128 valence electrons. The van der Waals surface area contributed by atoms with Crippen LogP contribution in [-0.4, -0.2) is 28.5 Å². The predicted molar refractivity (Wildman–Crippen MR) is 97.9 cm³/mol. The van der Waals surface area contributed by atoms with Crippen molar-refractivity contribution >= 4 is 28.0 Å². The van der Waals surface area contributed by atoms with E-state index < -0.39 is 0 Å². The van der Waals surface area contributed by atoms with Crippen LogP contribution in [0.4, 0.5) is 10.8 Å². The summed E-state index contributed by atoms with van der Waals surface area (Å²) >= 11 is 1.39. The monoisotopic (exact) mass is 354 g/mol. The lowest BCUT2D eigenvalue weighted by Crippen LogP contribution is -2.11. The number of aromatic nitrogens is 6. The average Bonchev–Trinajstić information content (AvgIpc) is 3.27. The van der Waals surface area contributed by atoms with Gasteiger partial charge in [0.25, 0.3) is 0 Å². The van der Waals surface area contributed by atoms with Crippen molar-refractivity contribution in [3.05, 3.63) is 42.2 Å². The van der Waals surface area contributed by atoms with Crippen molar-refractivity contribution in [3.8, 4) is 11.3 Å². The zero-order valence-electron chi connectivity index (χ0n) is 14.1. The molecule has 0 aromatic carbocycles. The summed E-state index contributed by atoms with van der Waals surface area (Å²) in [4.78, 5) is 9.21. The number of rotatable bonds is 4. The highest BCUT2D eigenvalue weighted by Crippen LogP contribution is 2.28. The lowest BCUT2D eigenvalue weighted by molar-refractivity contribution is 0.767. The highest BCUT2D eigenvalue weighted by Gasteiger charge is 2.16. The van der Waals surface area contributed by atoms with E-state index in [1.54, 1.807) is 4.68 Å². The molecule has 4 aromatic heterocycles. The van der Waals surface area contributed by atoms with Gasteiger partial charge in [-0.25, -0.2) is 9.97 Å². The van der Waals surface area contributed by atoms with Crippen molar-refractivity contribution in [3.63, 3.8) is 0 Å². The van der Waals surface area contributed by atoms with Crippen LogP contribution in [0, 0.1) is 6.92 Å². The fourth-order valence-electron chi connectivity index (χ4n) is 2.62. The molecule has 0 aliphatic heterocycles. The van der Waals surface area contributed by atoms with Gasteiger partial charge in [0.05, 0.1) is 29.5 Å². The molecule has 0 saturated carbocycles. The maximum atomic E-state index is 6.08. The topological polar surface area (TPSA) is 98.9 Å². The number of fused-ring (bicyclic) bond motifs is 1. The highest BCUT2D eigenvalue weighted by molar-refractivity contribution is 7.10. The number of nitrogens with zero attached hydrogens (tertiary/aromatic N) is 6. The van der Waals surface area contributed by atoms with Crippen LogP contribution < -0.4 is 11.1 Å². The van der Waals surface area contributed by atoms with E-state index >= 15 is 0 Å². The Morgan fingerprint density at radius 1 is 1.28 bits per heavy atom. The van der Waals surface area contributed by atoms with Gasteiger partial charge in [-0.05, 0) is 31.4 Å². The fraction of sp³-hybridized carbons (Fsp3) is 0.250. The van der Waals surface area contributed by atoms with Gasteiger partial charge in [0.15, 0.2) is 11.5 Å². The average molecular weight is 354 g/mol. The van der Waals surface area contributed by atoms with Crippen LogP contribution in [0.2, 0.25) is 0 Å². The van der Waals surface area contributed by atoms with Gasteiger partial charge in [-0.2, -0.15) is 9.47 Å². The second-order valence-electron chi connectivity index (χ2n) is 6.00. The van der Waals surface area contributed by atoms with E-state index in [1.165, 1.54) is 11.5 Å². The Labute approximate surface area is 148 Å². The summed E-state index contributed by atoms with van der Waals surface area (Å²) in [6.45, 7) is 3.87. The first-order valence-corrected chi connectivity index (χ1v) is 8.61. The molecule has 4 rings (SSSR count). The Hall–Kier alpha value is -2.78. The van der Waals surface area contributed by atoms with Crippen LogP contribution >= 0.6 is 11.5 Å². The van der Waals surface area contributed by atoms with E-state index in [4.69, 9.17) is 5.73 Å². The molecule has 1 unspecified atom stereocenters. The number of imidazole rings is 1. The summed E-state index contributed by atoms with van der Waals surface area (Å²) in [5.74, 6) is 0.661. The van der Waals surface area contributed by atoms with E-state index in [2.05, 4.69) is 24.8 Å².